The second-order valence-electron chi connectivity index (χ2n) is 4.53. The lowest BCUT2D eigenvalue weighted by Gasteiger charge is -2.31. The Morgan fingerprint density at radius 3 is 2.25 bits per heavy atom. The number of rotatable bonds is 3. The van der Waals surface area contributed by atoms with Gasteiger partial charge in [0.15, 0.2) is 0 Å². The second-order valence-corrected chi connectivity index (χ2v) is 4.53. The average Bonchev–Trinajstić information content (AvgIpc) is 1.99. The minimum absolute atomic E-state index is 0.768. The van der Waals surface area contributed by atoms with Crippen molar-refractivity contribution in [3.05, 3.63) is 0 Å². The van der Waals surface area contributed by atoms with Gasteiger partial charge in [-0.2, -0.15) is 0 Å². The summed E-state index contributed by atoms with van der Waals surface area (Å²) in [4.78, 5) is 10.2. The summed E-state index contributed by atoms with van der Waals surface area (Å²) in [6, 6.07) is 0. The van der Waals surface area contributed by atoms with Crippen molar-refractivity contribution >= 4 is 6.29 Å². The van der Waals surface area contributed by atoms with E-state index in [2.05, 4.69) is 13.8 Å². The first-order valence-corrected chi connectivity index (χ1v) is 5.16. The van der Waals surface area contributed by atoms with Gasteiger partial charge in [0.05, 0.1) is 0 Å². The maximum Gasteiger partial charge on any atom is 0.120 e. The quantitative estimate of drug-likeness (QED) is 0.592. The van der Waals surface area contributed by atoms with Gasteiger partial charge in [-0.25, -0.2) is 0 Å². The molecule has 0 saturated heterocycles. The fourth-order valence-corrected chi connectivity index (χ4v) is 2.65. The summed E-state index contributed by atoms with van der Waals surface area (Å²) >= 11 is 0. The third-order valence-electron chi connectivity index (χ3n) is 2.97. The van der Waals surface area contributed by atoms with E-state index in [0.717, 1.165) is 36.9 Å². The molecule has 12 heavy (non-hydrogen) atoms. The van der Waals surface area contributed by atoms with E-state index in [1.54, 1.807) is 0 Å². The van der Waals surface area contributed by atoms with E-state index >= 15 is 0 Å². The van der Waals surface area contributed by atoms with Gasteiger partial charge in [0.25, 0.3) is 0 Å². The highest BCUT2D eigenvalue weighted by molar-refractivity contribution is 5.49. The third-order valence-corrected chi connectivity index (χ3v) is 2.97. The molecule has 0 radical (unpaired) electrons. The molecule has 0 N–H and O–H groups in total. The zero-order valence-electron chi connectivity index (χ0n) is 8.25. The summed E-state index contributed by atoms with van der Waals surface area (Å²) in [5.41, 5.74) is 0. The second kappa shape index (κ2) is 4.64. The fourth-order valence-electron chi connectivity index (χ4n) is 2.65. The van der Waals surface area contributed by atoms with Crippen LogP contribution in [0.2, 0.25) is 0 Å². The zero-order chi connectivity index (χ0) is 8.97. The van der Waals surface area contributed by atoms with Crippen molar-refractivity contribution in [2.45, 2.75) is 46.0 Å². The number of carbonyl (C=O) groups excluding carboxylic acids is 1. The lowest BCUT2D eigenvalue weighted by Crippen LogP contribution is -2.19. The molecular formula is C11H20O. The molecule has 0 spiro atoms. The number of aldehydes is 1. The van der Waals surface area contributed by atoms with Crippen LogP contribution in [0.5, 0.6) is 0 Å². The van der Waals surface area contributed by atoms with Gasteiger partial charge >= 0.3 is 0 Å². The summed E-state index contributed by atoms with van der Waals surface area (Å²) in [6.45, 7) is 4.67. The highest BCUT2D eigenvalue weighted by Crippen LogP contribution is 2.34. The Bertz CT molecular complexity index is 132. The monoisotopic (exact) mass is 168 g/mol. The molecule has 1 fully saturated rings. The van der Waals surface area contributed by atoms with Crippen LogP contribution in [0.3, 0.4) is 0 Å². The molecule has 1 rings (SSSR count). The topological polar surface area (TPSA) is 17.1 Å². The van der Waals surface area contributed by atoms with Gasteiger partial charge in [-0.15, -0.1) is 0 Å². The van der Waals surface area contributed by atoms with Gasteiger partial charge < -0.3 is 4.79 Å². The summed E-state index contributed by atoms with van der Waals surface area (Å²) in [5, 5.41) is 0. The number of hydrogen-bond acceptors (Lipinski definition) is 1. The molecule has 0 amide bonds. The molecule has 1 aliphatic rings. The Labute approximate surface area is 75.5 Å². The van der Waals surface area contributed by atoms with Crippen molar-refractivity contribution in [2.24, 2.45) is 17.8 Å². The summed E-state index contributed by atoms with van der Waals surface area (Å²) in [7, 11) is 0. The van der Waals surface area contributed by atoms with Crippen molar-refractivity contribution in [1.29, 1.82) is 0 Å². The lowest BCUT2D eigenvalue weighted by atomic mass is 9.75. The van der Waals surface area contributed by atoms with Crippen molar-refractivity contribution in [3.8, 4) is 0 Å². The molecule has 1 aliphatic carbocycles. The minimum Gasteiger partial charge on any atom is -0.303 e. The van der Waals surface area contributed by atoms with E-state index < -0.39 is 0 Å². The first kappa shape index (κ1) is 9.76. The van der Waals surface area contributed by atoms with Crippen LogP contribution in [0.15, 0.2) is 0 Å². The van der Waals surface area contributed by atoms with Crippen LogP contribution < -0.4 is 0 Å². The Balaban J connectivity index is 2.28. The Morgan fingerprint density at radius 1 is 1.17 bits per heavy atom. The van der Waals surface area contributed by atoms with Gasteiger partial charge in [0.1, 0.15) is 6.29 Å². The molecule has 0 heterocycles. The third kappa shape index (κ3) is 2.96. The van der Waals surface area contributed by atoms with Crippen LogP contribution in [0, 0.1) is 17.8 Å². The highest BCUT2D eigenvalue weighted by Gasteiger charge is 2.22. The molecule has 0 aromatic carbocycles. The van der Waals surface area contributed by atoms with Crippen molar-refractivity contribution < 1.29 is 4.79 Å². The minimum atomic E-state index is 0.768. The molecule has 70 valence electrons. The van der Waals surface area contributed by atoms with Crippen LogP contribution >= 0.6 is 0 Å². The molecule has 0 aromatic heterocycles. The van der Waals surface area contributed by atoms with Crippen LogP contribution in [-0.2, 0) is 4.79 Å². The van der Waals surface area contributed by atoms with E-state index in [0.29, 0.717) is 0 Å². The van der Waals surface area contributed by atoms with Gasteiger partial charge in [-0.3, -0.25) is 0 Å². The summed E-state index contributed by atoms with van der Waals surface area (Å²) < 4.78 is 0. The molecular weight excluding hydrogens is 148 g/mol. The number of hydrogen-bond donors (Lipinski definition) is 0. The lowest BCUT2D eigenvalue weighted by molar-refractivity contribution is -0.108. The standard InChI is InChI=1S/C11H20O/c1-9-6-10(2)8-11(7-9)4-3-5-12/h5,9-11H,3-4,6-8H2,1-2H3. The largest absolute Gasteiger partial charge is 0.303 e. The molecule has 0 bridgehead atoms. The van der Waals surface area contributed by atoms with E-state index in [4.69, 9.17) is 0 Å². The van der Waals surface area contributed by atoms with Gasteiger partial charge in [-0.05, 0) is 43.4 Å². The summed E-state index contributed by atoms with van der Waals surface area (Å²) in [5.74, 6) is 2.59. The van der Waals surface area contributed by atoms with E-state index in [1.807, 2.05) is 0 Å². The van der Waals surface area contributed by atoms with Crippen LogP contribution in [-0.4, -0.2) is 6.29 Å². The van der Waals surface area contributed by atoms with Crippen LogP contribution in [0.4, 0.5) is 0 Å². The first-order valence-electron chi connectivity index (χ1n) is 5.16. The van der Waals surface area contributed by atoms with Crippen molar-refractivity contribution in [3.63, 3.8) is 0 Å². The molecule has 0 aromatic rings. The fraction of sp³-hybridized carbons (Fsp3) is 0.909. The van der Waals surface area contributed by atoms with Crippen molar-refractivity contribution in [2.75, 3.05) is 0 Å². The molecule has 0 aliphatic heterocycles. The van der Waals surface area contributed by atoms with Crippen LogP contribution in [0.25, 0.3) is 0 Å². The Morgan fingerprint density at radius 2 is 1.75 bits per heavy atom. The highest BCUT2D eigenvalue weighted by atomic mass is 16.1. The summed E-state index contributed by atoms with van der Waals surface area (Å²) in [6.07, 6.45) is 7.03. The Hall–Kier alpha value is -0.330. The van der Waals surface area contributed by atoms with Gasteiger partial charge in [0.2, 0.25) is 0 Å². The molecule has 2 unspecified atom stereocenters. The van der Waals surface area contributed by atoms with E-state index in [1.165, 1.54) is 19.3 Å². The van der Waals surface area contributed by atoms with Gasteiger partial charge in [0, 0.05) is 6.42 Å². The van der Waals surface area contributed by atoms with Gasteiger partial charge in [-0.1, -0.05) is 13.8 Å². The average molecular weight is 168 g/mol. The van der Waals surface area contributed by atoms with Crippen LogP contribution in [0.1, 0.15) is 46.0 Å². The predicted octanol–water partition coefficient (Wildman–Crippen LogP) is 3.04. The molecule has 1 heteroatoms. The molecule has 1 nitrogen and oxygen atoms in total. The molecule has 2 atom stereocenters. The SMILES string of the molecule is CC1CC(C)CC(CCC=O)C1. The zero-order valence-corrected chi connectivity index (χ0v) is 8.25. The normalized spacial score (nSPS) is 36.3. The van der Waals surface area contributed by atoms with E-state index in [-0.39, 0.29) is 0 Å². The van der Waals surface area contributed by atoms with E-state index in [9.17, 15) is 4.79 Å². The number of carbonyl (C=O) groups is 1. The van der Waals surface area contributed by atoms with Crippen molar-refractivity contribution in [1.82, 2.24) is 0 Å². The molecule has 1 saturated carbocycles. The maximum atomic E-state index is 10.2. The maximum absolute atomic E-state index is 10.2. The predicted molar refractivity (Wildman–Crippen MR) is 51.0 cm³/mol. The first-order chi connectivity index (χ1) is 5.72. The smallest absolute Gasteiger partial charge is 0.120 e. The Kier molecular flexibility index (Phi) is 3.77.